The van der Waals surface area contributed by atoms with Gasteiger partial charge in [-0.15, -0.1) is 12.4 Å². The van der Waals surface area contributed by atoms with Gasteiger partial charge < -0.3 is 15.4 Å². The summed E-state index contributed by atoms with van der Waals surface area (Å²) in [5, 5.41) is 6.68. The molecular formula is C19H22Cl2FN3O2. The van der Waals surface area contributed by atoms with Crippen LogP contribution in [0.5, 0.6) is 11.5 Å². The van der Waals surface area contributed by atoms with Gasteiger partial charge in [-0.05, 0) is 42.5 Å². The molecule has 2 aromatic carbocycles. The molecule has 1 heterocycles. The number of piperazine rings is 1. The van der Waals surface area contributed by atoms with Crippen LogP contribution in [0.15, 0.2) is 42.5 Å². The lowest BCUT2D eigenvalue weighted by molar-refractivity contribution is 0.0947. The molecule has 0 radical (unpaired) electrons. The Bertz CT molecular complexity index is 753. The molecule has 27 heavy (non-hydrogen) atoms. The number of nitrogens with one attached hydrogen (secondary N) is 2. The molecule has 0 spiro atoms. The number of halogens is 3. The van der Waals surface area contributed by atoms with Crippen molar-refractivity contribution in [1.82, 2.24) is 15.5 Å². The van der Waals surface area contributed by atoms with Gasteiger partial charge in [0.2, 0.25) is 0 Å². The Labute approximate surface area is 169 Å². The first kappa shape index (κ1) is 21.4. The van der Waals surface area contributed by atoms with E-state index < -0.39 is 5.82 Å². The van der Waals surface area contributed by atoms with Gasteiger partial charge in [0.05, 0.1) is 0 Å². The second-order valence-corrected chi connectivity index (χ2v) is 6.49. The molecule has 2 N–H and O–H groups in total. The van der Waals surface area contributed by atoms with E-state index in [1.807, 2.05) is 0 Å². The third kappa shape index (κ3) is 6.36. The van der Waals surface area contributed by atoms with Crippen LogP contribution in [0.1, 0.15) is 10.4 Å². The Morgan fingerprint density at radius 1 is 1.19 bits per heavy atom. The largest absolute Gasteiger partial charge is 0.454 e. The molecule has 1 aliphatic heterocycles. The molecule has 5 nitrogen and oxygen atoms in total. The molecule has 0 atom stereocenters. The summed E-state index contributed by atoms with van der Waals surface area (Å²) in [6.07, 6.45) is 0. The number of benzene rings is 2. The Balaban J connectivity index is 0.00000261. The molecular weight excluding hydrogens is 392 g/mol. The predicted molar refractivity (Wildman–Crippen MR) is 107 cm³/mol. The van der Waals surface area contributed by atoms with E-state index in [0.717, 1.165) is 32.7 Å². The highest BCUT2D eigenvalue weighted by atomic mass is 35.5. The van der Waals surface area contributed by atoms with Crippen LogP contribution in [0.4, 0.5) is 4.39 Å². The van der Waals surface area contributed by atoms with E-state index in [4.69, 9.17) is 16.3 Å². The highest BCUT2D eigenvalue weighted by Gasteiger charge is 2.13. The van der Waals surface area contributed by atoms with E-state index in [9.17, 15) is 9.18 Å². The van der Waals surface area contributed by atoms with Crippen LogP contribution in [0.3, 0.4) is 0 Å². The summed E-state index contributed by atoms with van der Waals surface area (Å²) in [5.74, 6) is -0.349. The summed E-state index contributed by atoms with van der Waals surface area (Å²) in [6, 6.07) is 10.8. The van der Waals surface area contributed by atoms with E-state index in [0.29, 0.717) is 17.3 Å². The van der Waals surface area contributed by atoms with Crippen LogP contribution in [-0.4, -0.2) is 50.1 Å². The zero-order valence-corrected chi connectivity index (χ0v) is 16.3. The molecule has 1 amide bonds. The number of hydrogen-bond acceptors (Lipinski definition) is 4. The molecule has 3 rings (SSSR count). The minimum Gasteiger partial charge on any atom is -0.454 e. The maximum absolute atomic E-state index is 14.2. The van der Waals surface area contributed by atoms with Gasteiger partial charge in [-0.1, -0.05) is 11.6 Å². The maximum Gasteiger partial charge on any atom is 0.251 e. The van der Waals surface area contributed by atoms with Gasteiger partial charge in [0.25, 0.3) is 5.91 Å². The molecule has 146 valence electrons. The first-order chi connectivity index (χ1) is 12.6. The molecule has 8 heteroatoms. The zero-order chi connectivity index (χ0) is 18.4. The number of carbonyl (C=O) groups excluding carboxylic acids is 1. The van der Waals surface area contributed by atoms with Crippen molar-refractivity contribution in [2.45, 2.75) is 0 Å². The normalized spacial score (nSPS) is 14.3. The lowest BCUT2D eigenvalue weighted by Gasteiger charge is -2.27. The number of rotatable bonds is 6. The van der Waals surface area contributed by atoms with Crippen molar-refractivity contribution >= 4 is 29.9 Å². The highest BCUT2D eigenvalue weighted by Crippen LogP contribution is 2.26. The van der Waals surface area contributed by atoms with Gasteiger partial charge in [0.15, 0.2) is 11.6 Å². The SMILES string of the molecule is Cl.O=C(NCCN1CCNCC1)c1ccc(Oc2ccc(Cl)cc2)c(F)c1. The van der Waals surface area contributed by atoms with E-state index in [1.165, 1.54) is 12.1 Å². The van der Waals surface area contributed by atoms with E-state index in [1.54, 1.807) is 30.3 Å². The van der Waals surface area contributed by atoms with Crippen molar-refractivity contribution < 1.29 is 13.9 Å². The van der Waals surface area contributed by atoms with E-state index in [-0.39, 0.29) is 29.6 Å². The van der Waals surface area contributed by atoms with Crippen LogP contribution in [-0.2, 0) is 0 Å². The van der Waals surface area contributed by atoms with Gasteiger partial charge in [0, 0.05) is 49.9 Å². The van der Waals surface area contributed by atoms with Crippen molar-refractivity contribution in [1.29, 1.82) is 0 Å². The standard InChI is InChI=1S/C19H21ClFN3O2.ClH/c20-15-2-4-16(5-3-15)26-18-6-1-14(13-17(18)21)19(25)23-9-12-24-10-7-22-8-11-24;/h1-6,13,22H,7-12H2,(H,23,25);1H. The zero-order valence-electron chi connectivity index (χ0n) is 14.7. The Kier molecular flexibility index (Phi) is 8.31. The van der Waals surface area contributed by atoms with Crippen molar-refractivity contribution in [2.75, 3.05) is 39.3 Å². The van der Waals surface area contributed by atoms with Gasteiger partial charge in [-0.2, -0.15) is 0 Å². The predicted octanol–water partition coefficient (Wildman–Crippen LogP) is 3.33. The van der Waals surface area contributed by atoms with Crippen LogP contribution in [0.25, 0.3) is 0 Å². The fourth-order valence-electron chi connectivity index (χ4n) is 2.72. The Morgan fingerprint density at radius 2 is 1.89 bits per heavy atom. The summed E-state index contributed by atoms with van der Waals surface area (Å²) >= 11 is 5.81. The van der Waals surface area contributed by atoms with Crippen molar-refractivity contribution in [3.05, 3.63) is 58.9 Å². The lowest BCUT2D eigenvalue weighted by Crippen LogP contribution is -2.46. The number of nitrogens with zero attached hydrogens (tertiary/aromatic N) is 1. The second kappa shape index (κ2) is 10.5. The number of hydrogen-bond donors (Lipinski definition) is 2. The molecule has 0 bridgehead atoms. The van der Waals surface area contributed by atoms with Gasteiger partial charge >= 0.3 is 0 Å². The quantitative estimate of drug-likeness (QED) is 0.762. The Morgan fingerprint density at radius 3 is 2.56 bits per heavy atom. The minimum atomic E-state index is -0.588. The fraction of sp³-hybridized carbons (Fsp3) is 0.316. The molecule has 0 saturated carbocycles. The molecule has 1 saturated heterocycles. The molecule has 1 fully saturated rings. The van der Waals surface area contributed by atoms with Crippen molar-refractivity contribution in [2.24, 2.45) is 0 Å². The van der Waals surface area contributed by atoms with Crippen molar-refractivity contribution in [3.63, 3.8) is 0 Å². The smallest absolute Gasteiger partial charge is 0.251 e. The molecule has 2 aromatic rings. The maximum atomic E-state index is 14.2. The topological polar surface area (TPSA) is 53.6 Å². The van der Waals surface area contributed by atoms with E-state index in [2.05, 4.69) is 15.5 Å². The first-order valence-corrected chi connectivity index (χ1v) is 8.94. The molecule has 1 aliphatic rings. The van der Waals surface area contributed by atoms with Gasteiger partial charge in [0.1, 0.15) is 5.75 Å². The second-order valence-electron chi connectivity index (χ2n) is 6.05. The average Bonchev–Trinajstić information content (AvgIpc) is 2.66. The van der Waals surface area contributed by atoms with Crippen molar-refractivity contribution in [3.8, 4) is 11.5 Å². The highest BCUT2D eigenvalue weighted by molar-refractivity contribution is 6.30. The van der Waals surface area contributed by atoms with Gasteiger partial charge in [-0.3, -0.25) is 9.69 Å². The van der Waals surface area contributed by atoms with Crippen LogP contribution < -0.4 is 15.4 Å². The fourth-order valence-corrected chi connectivity index (χ4v) is 2.84. The average molecular weight is 414 g/mol. The number of ether oxygens (including phenoxy) is 1. The summed E-state index contributed by atoms with van der Waals surface area (Å²) < 4.78 is 19.7. The van der Waals surface area contributed by atoms with Gasteiger partial charge in [-0.25, -0.2) is 4.39 Å². The minimum absolute atomic E-state index is 0. The molecule has 0 aliphatic carbocycles. The number of carbonyl (C=O) groups is 1. The lowest BCUT2D eigenvalue weighted by atomic mass is 10.2. The van der Waals surface area contributed by atoms with Crippen LogP contribution in [0.2, 0.25) is 5.02 Å². The van der Waals surface area contributed by atoms with Crippen LogP contribution >= 0.6 is 24.0 Å². The summed E-state index contributed by atoms with van der Waals surface area (Å²) in [7, 11) is 0. The van der Waals surface area contributed by atoms with Crippen LogP contribution in [0, 0.1) is 5.82 Å². The molecule has 0 unspecified atom stereocenters. The molecule has 0 aromatic heterocycles. The monoisotopic (exact) mass is 413 g/mol. The summed E-state index contributed by atoms with van der Waals surface area (Å²) in [5.41, 5.74) is 0.270. The first-order valence-electron chi connectivity index (χ1n) is 8.56. The Hall–Kier alpha value is -1.86. The third-order valence-corrected chi connectivity index (χ3v) is 4.41. The summed E-state index contributed by atoms with van der Waals surface area (Å²) in [4.78, 5) is 14.5. The van der Waals surface area contributed by atoms with E-state index >= 15 is 0 Å². The summed E-state index contributed by atoms with van der Waals surface area (Å²) in [6.45, 7) is 5.20. The third-order valence-electron chi connectivity index (χ3n) is 4.16. The number of amides is 1.